The number of hydrogen-bond donors (Lipinski definition) is 0. The zero-order chi connectivity index (χ0) is 15.6. The summed E-state index contributed by atoms with van der Waals surface area (Å²) in [5, 5.41) is 0. The van der Waals surface area contributed by atoms with Crippen molar-refractivity contribution in [2.24, 2.45) is 11.8 Å². The molecule has 22 heavy (non-hydrogen) atoms. The Morgan fingerprint density at radius 3 is 2.95 bits per heavy atom. The maximum atomic E-state index is 12.7. The van der Waals surface area contributed by atoms with E-state index in [0.717, 1.165) is 45.6 Å². The van der Waals surface area contributed by atoms with Gasteiger partial charge in [0.15, 0.2) is 0 Å². The fraction of sp³-hybridized carbons (Fsp3) is 0.941. The molecule has 0 N–H and O–H groups in total. The highest BCUT2D eigenvalue weighted by Crippen LogP contribution is 2.41. The van der Waals surface area contributed by atoms with Crippen LogP contribution in [0, 0.1) is 11.8 Å². The van der Waals surface area contributed by atoms with Crippen LogP contribution in [0.25, 0.3) is 0 Å². The second kappa shape index (κ2) is 6.85. The van der Waals surface area contributed by atoms with E-state index in [4.69, 9.17) is 14.2 Å². The molecule has 126 valence electrons. The number of rotatable bonds is 4. The topological polar surface area (TPSA) is 48.0 Å². The molecule has 2 heterocycles. The summed E-state index contributed by atoms with van der Waals surface area (Å²) in [7, 11) is 0. The predicted molar refractivity (Wildman–Crippen MR) is 82.6 cm³/mol. The first-order valence-electron chi connectivity index (χ1n) is 8.73. The maximum Gasteiger partial charge on any atom is 0.228 e. The molecular weight excluding hydrogens is 282 g/mol. The smallest absolute Gasteiger partial charge is 0.228 e. The first kappa shape index (κ1) is 16.2. The summed E-state index contributed by atoms with van der Waals surface area (Å²) < 4.78 is 17.4. The van der Waals surface area contributed by atoms with Crippen LogP contribution < -0.4 is 0 Å². The third-order valence-electron chi connectivity index (χ3n) is 5.33. The molecule has 1 amide bonds. The van der Waals surface area contributed by atoms with Crippen molar-refractivity contribution in [1.82, 2.24) is 4.90 Å². The quantitative estimate of drug-likeness (QED) is 0.795. The normalized spacial score (nSPS) is 35.7. The van der Waals surface area contributed by atoms with Crippen molar-refractivity contribution >= 4 is 5.91 Å². The van der Waals surface area contributed by atoms with Gasteiger partial charge in [0.05, 0.1) is 44.0 Å². The van der Waals surface area contributed by atoms with Crippen LogP contribution in [0.15, 0.2) is 0 Å². The van der Waals surface area contributed by atoms with Gasteiger partial charge in [0.2, 0.25) is 5.91 Å². The Balaban J connectivity index is 1.64. The van der Waals surface area contributed by atoms with E-state index in [1.807, 2.05) is 4.90 Å². The largest absolute Gasteiger partial charge is 0.381 e. The van der Waals surface area contributed by atoms with Crippen LogP contribution in [0.5, 0.6) is 0 Å². The minimum atomic E-state index is -0.178. The van der Waals surface area contributed by atoms with Crippen LogP contribution in [0.4, 0.5) is 0 Å². The lowest BCUT2D eigenvalue weighted by Gasteiger charge is -2.44. The Bertz CT molecular complexity index is 394. The first-order valence-corrected chi connectivity index (χ1v) is 8.73. The molecule has 3 fully saturated rings. The summed E-state index contributed by atoms with van der Waals surface area (Å²) in [5.74, 6) is 0.725. The van der Waals surface area contributed by atoms with Gasteiger partial charge in [0.25, 0.3) is 0 Å². The Morgan fingerprint density at radius 1 is 1.36 bits per heavy atom. The number of amides is 1. The number of carbonyl (C=O) groups excluding carboxylic acids is 1. The van der Waals surface area contributed by atoms with Crippen molar-refractivity contribution in [3.05, 3.63) is 0 Å². The predicted octanol–water partition coefficient (Wildman–Crippen LogP) is 1.85. The lowest BCUT2D eigenvalue weighted by atomic mass is 9.88. The minimum Gasteiger partial charge on any atom is -0.381 e. The third-order valence-corrected chi connectivity index (χ3v) is 5.33. The lowest BCUT2D eigenvalue weighted by Crippen LogP contribution is -2.57. The molecule has 1 aliphatic carbocycles. The second-order valence-corrected chi connectivity index (χ2v) is 7.20. The summed E-state index contributed by atoms with van der Waals surface area (Å²) in [5.41, 5.74) is -0.178. The van der Waals surface area contributed by atoms with E-state index in [9.17, 15) is 4.79 Å². The number of hydrogen-bond acceptors (Lipinski definition) is 4. The summed E-state index contributed by atoms with van der Waals surface area (Å²) in [6.07, 6.45) is 4.46. The SMILES string of the molecule is CC(C)OC[C@H]1CCC[C@]12CN(C(=O)[C@@H]1CCOC1)CCO2. The summed E-state index contributed by atoms with van der Waals surface area (Å²) >= 11 is 0. The fourth-order valence-corrected chi connectivity index (χ4v) is 4.04. The highest BCUT2D eigenvalue weighted by molar-refractivity contribution is 5.79. The Labute approximate surface area is 133 Å². The molecule has 0 aromatic carbocycles. The molecule has 0 unspecified atom stereocenters. The van der Waals surface area contributed by atoms with Crippen molar-refractivity contribution in [3.8, 4) is 0 Å². The zero-order valence-corrected chi connectivity index (χ0v) is 13.9. The molecule has 0 aromatic heterocycles. The van der Waals surface area contributed by atoms with Gasteiger partial charge < -0.3 is 19.1 Å². The van der Waals surface area contributed by atoms with Gasteiger partial charge in [-0.2, -0.15) is 0 Å². The molecule has 2 saturated heterocycles. The molecule has 5 heteroatoms. The standard InChI is InChI=1S/C17H29NO4/c1-13(2)21-11-15-4-3-6-17(15)12-18(7-9-22-17)16(19)14-5-8-20-10-14/h13-15H,3-12H2,1-2H3/t14-,15-,17+/m1/s1. The van der Waals surface area contributed by atoms with Crippen molar-refractivity contribution in [2.75, 3.05) is 39.5 Å². The molecule has 5 nitrogen and oxygen atoms in total. The zero-order valence-electron chi connectivity index (χ0n) is 13.9. The van der Waals surface area contributed by atoms with Gasteiger partial charge in [-0.15, -0.1) is 0 Å². The van der Waals surface area contributed by atoms with Crippen molar-refractivity contribution in [2.45, 2.75) is 51.2 Å². The Hall–Kier alpha value is -0.650. The Morgan fingerprint density at radius 2 is 2.23 bits per heavy atom. The van der Waals surface area contributed by atoms with Gasteiger partial charge in [0.1, 0.15) is 0 Å². The van der Waals surface area contributed by atoms with Gasteiger partial charge in [-0.1, -0.05) is 6.42 Å². The lowest BCUT2D eigenvalue weighted by molar-refractivity contribution is -0.166. The van der Waals surface area contributed by atoms with Crippen molar-refractivity contribution < 1.29 is 19.0 Å². The second-order valence-electron chi connectivity index (χ2n) is 7.20. The minimum absolute atomic E-state index is 0.0573. The van der Waals surface area contributed by atoms with E-state index in [1.54, 1.807) is 0 Å². The summed E-state index contributed by atoms with van der Waals surface area (Å²) in [4.78, 5) is 14.7. The summed E-state index contributed by atoms with van der Waals surface area (Å²) in [6.45, 7) is 8.28. The highest BCUT2D eigenvalue weighted by atomic mass is 16.5. The summed E-state index contributed by atoms with van der Waals surface area (Å²) in [6, 6.07) is 0. The Kier molecular flexibility index (Phi) is 5.05. The molecule has 0 radical (unpaired) electrons. The fourth-order valence-electron chi connectivity index (χ4n) is 4.04. The van der Waals surface area contributed by atoms with Gasteiger partial charge in [-0.3, -0.25) is 4.79 Å². The van der Waals surface area contributed by atoms with Crippen LogP contribution in [0.3, 0.4) is 0 Å². The van der Waals surface area contributed by atoms with E-state index in [2.05, 4.69) is 13.8 Å². The number of nitrogens with zero attached hydrogens (tertiary/aromatic N) is 1. The molecular formula is C17H29NO4. The molecule has 0 bridgehead atoms. The monoisotopic (exact) mass is 311 g/mol. The van der Waals surface area contributed by atoms with Gasteiger partial charge in [-0.25, -0.2) is 0 Å². The van der Waals surface area contributed by atoms with E-state index in [1.165, 1.54) is 6.42 Å². The molecule has 3 rings (SSSR count). The number of ether oxygens (including phenoxy) is 3. The van der Waals surface area contributed by atoms with E-state index in [-0.39, 0.29) is 23.5 Å². The van der Waals surface area contributed by atoms with E-state index in [0.29, 0.717) is 19.1 Å². The third kappa shape index (κ3) is 3.31. The van der Waals surface area contributed by atoms with Crippen molar-refractivity contribution in [3.63, 3.8) is 0 Å². The van der Waals surface area contributed by atoms with E-state index >= 15 is 0 Å². The molecule has 1 spiro atoms. The van der Waals surface area contributed by atoms with Crippen LogP contribution in [0.1, 0.15) is 39.5 Å². The van der Waals surface area contributed by atoms with Crippen molar-refractivity contribution in [1.29, 1.82) is 0 Å². The molecule has 3 aliphatic rings. The van der Waals surface area contributed by atoms with Crippen LogP contribution in [0.2, 0.25) is 0 Å². The van der Waals surface area contributed by atoms with Crippen LogP contribution >= 0.6 is 0 Å². The first-order chi connectivity index (χ1) is 10.6. The van der Waals surface area contributed by atoms with Crippen LogP contribution in [-0.2, 0) is 19.0 Å². The molecule has 1 saturated carbocycles. The van der Waals surface area contributed by atoms with Gasteiger partial charge >= 0.3 is 0 Å². The molecule has 3 atom stereocenters. The average Bonchev–Trinajstić information content (AvgIpc) is 3.15. The highest BCUT2D eigenvalue weighted by Gasteiger charge is 2.48. The van der Waals surface area contributed by atoms with Gasteiger partial charge in [-0.05, 0) is 33.1 Å². The molecule has 0 aromatic rings. The van der Waals surface area contributed by atoms with Gasteiger partial charge in [0, 0.05) is 19.1 Å². The number of carbonyl (C=O) groups is 1. The van der Waals surface area contributed by atoms with Crippen LogP contribution in [-0.4, -0.2) is 62.0 Å². The maximum absolute atomic E-state index is 12.7. The van der Waals surface area contributed by atoms with E-state index < -0.39 is 0 Å². The molecule has 2 aliphatic heterocycles. The average molecular weight is 311 g/mol. The number of morpholine rings is 1.